The minimum absolute atomic E-state index is 0.00589. The molecule has 0 saturated carbocycles. The Bertz CT molecular complexity index is 1950. The van der Waals surface area contributed by atoms with Crippen molar-refractivity contribution in [3.8, 4) is 0 Å². The zero-order valence-corrected chi connectivity index (χ0v) is 29.9. The van der Waals surface area contributed by atoms with Crippen molar-refractivity contribution in [2.24, 2.45) is 5.92 Å². The van der Waals surface area contributed by atoms with Gasteiger partial charge in [0.1, 0.15) is 31.3 Å². The molecule has 55 heavy (non-hydrogen) atoms. The van der Waals surface area contributed by atoms with Crippen molar-refractivity contribution in [1.82, 2.24) is 20.5 Å². The van der Waals surface area contributed by atoms with Crippen molar-refractivity contribution in [2.75, 3.05) is 6.54 Å². The van der Waals surface area contributed by atoms with Gasteiger partial charge < -0.3 is 25.1 Å². The van der Waals surface area contributed by atoms with E-state index in [0.717, 1.165) is 5.56 Å². The van der Waals surface area contributed by atoms with Crippen LogP contribution in [0.15, 0.2) is 79.0 Å². The number of para-hydroxylation sites is 1. The molecule has 3 N–H and O–H groups in total. The third-order valence-corrected chi connectivity index (χ3v) is 9.06. The summed E-state index contributed by atoms with van der Waals surface area (Å²) >= 11 is 0. The van der Waals surface area contributed by atoms with Crippen LogP contribution in [0.4, 0.5) is 31.1 Å². The molecular weight excluding hydrogens is 734 g/mol. The molecule has 1 fully saturated rings. The quantitative estimate of drug-likeness (QED) is 0.0966. The molecule has 1 aliphatic rings. The molecule has 0 unspecified atom stereocenters. The lowest BCUT2D eigenvalue weighted by Gasteiger charge is -2.27. The Morgan fingerprint density at radius 3 is 2.11 bits per heavy atom. The van der Waals surface area contributed by atoms with Gasteiger partial charge in [-0.3, -0.25) is 14.5 Å². The second kappa shape index (κ2) is 17.3. The molecule has 0 radical (unpaired) electrons. The normalized spacial score (nSPS) is 15.8. The molecule has 5 rings (SSSR count). The number of ether oxygens (including phenoxy) is 2. The molecule has 1 aliphatic heterocycles. The Hall–Kier alpha value is -5.54. The van der Waals surface area contributed by atoms with E-state index in [1.54, 1.807) is 68.6 Å². The van der Waals surface area contributed by atoms with Crippen LogP contribution >= 0.6 is 0 Å². The number of carbonyl (C=O) groups excluding carboxylic acids is 4. The molecule has 0 aliphatic carbocycles. The molecule has 0 spiro atoms. The lowest BCUT2D eigenvalue weighted by atomic mass is 10.0. The fourth-order valence-electron chi connectivity index (χ4n) is 6.37. The molecule has 10 nitrogen and oxygen atoms in total. The van der Waals surface area contributed by atoms with E-state index in [1.807, 2.05) is 6.07 Å². The summed E-state index contributed by atoms with van der Waals surface area (Å²) in [6, 6.07) is 13.3. The fraction of sp³-hybridized carbons (Fsp3) is 0.385. The van der Waals surface area contributed by atoms with E-state index in [2.05, 4.69) is 15.6 Å². The van der Waals surface area contributed by atoms with Crippen LogP contribution < -0.4 is 10.6 Å². The second-order valence-corrected chi connectivity index (χ2v) is 13.7. The standard InChI is InChI=1S/C39H40F6N4O6/c1-23(2)15-31(47-35(51)33-13-8-14-49(33)37(53)55-21-24-9-4-3-5-10-24)34(50)48-32(18-26-20-46-30-12-7-6-11-29(26)30)36(52)54-22-25-16-27(38(40,41)42)19-28(17-25)39(43,44)45/h3-7,9-12,16-17,19-20,23,31-33,46H,8,13-15,18,21-22H2,1-2H3,(H,47,51)(H,48,50)/t31-,32-,33-/m0/s1. The predicted molar refractivity (Wildman–Crippen MR) is 188 cm³/mol. The largest absolute Gasteiger partial charge is 0.459 e. The number of amides is 3. The Morgan fingerprint density at radius 2 is 1.45 bits per heavy atom. The Balaban J connectivity index is 1.34. The zero-order chi connectivity index (χ0) is 39.9. The van der Waals surface area contributed by atoms with Crippen LogP contribution in [-0.4, -0.2) is 58.4 Å². The predicted octanol–water partition coefficient (Wildman–Crippen LogP) is 7.31. The van der Waals surface area contributed by atoms with E-state index >= 15 is 0 Å². The number of carbonyl (C=O) groups is 4. The summed E-state index contributed by atoms with van der Waals surface area (Å²) in [4.78, 5) is 58.4. The molecule has 4 aromatic rings. The molecule has 1 saturated heterocycles. The van der Waals surface area contributed by atoms with Crippen LogP contribution in [0, 0.1) is 5.92 Å². The number of H-pyrrole nitrogens is 1. The Morgan fingerprint density at radius 1 is 0.818 bits per heavy atom. The number of likely N-dealkylation sites (tertiary alicyclic amines) is 1. The molecular formula is C39H40F6N4O6. The monoisotopic (exact) mass is 774 g/mol. The van der Waals surface area contributed by atoms with Crippen LogP contribution in [0.5, 0.6) is 0 Å². The minimum Gasteiger partial charge on any atom is -0.459 e. The van der Waals surface area contributed by atoms with Gasteiger partial charge in [0.25, 0.3) is 0 Å². The molecule has 1 aromatic heterocycles. The van der Waals surface area contributed by atoms with Gasteiger partial charge >= 0.3 is 24.4 Å². The van der Waals surface area contributed by atoms with Gasteiger partial charge in [-0.05, 0) is 66.1 Å². The smallest absolute Gasteiger partial charge is 0.416 e. The summed E-state index contributed by atoms with van der Waals surface area (Å²) in [6.45, 7) is 2.89. The van der Waals surface area contributed by atoms with E-state index in [9.17, 15) is 45.5 Å². The average Bonchev–Trinajstić information content (AvgIpc) is 3.80. The number of benzene rings is 3. The molecule has 3 aromatic carbocycles. The van der Waals surface area contributed by atoms with Gasteiger partial charge in [0.05, 0.1) is 11.1 Å². The molecule has 16 heteroatoms. The number of hydrogen-bond donors (Lipinski definition) is 3. The first-order valence-electron chi connectivity index (χ1n) is 17.6. The van der Waals surface area contributed by atoms with Crippen LogP contribution in [0.25, 0.3) is 10.9 Å². The van der Waals surface area contributed by atoms with E-state index in [0.29, 0.717) is 41.4 Å². The third-order valence-electron chi connectivity index (χ3n) is 9.06. The van der Waals surface area contributed by atoms with E-state index in [1.165, 1.54) is 4.90 Å². The summed E-state index contributed by atoms with van der Waals surface area (Å²) in [6.07, 6.45) is -8.58. The highest BCUT2D eigenvalue weighted by Crippen LogP contribution is 2.36. The minimum atomic E-state index is -5.11. The van der Waals surface area contributed by atoms with Crippen LogP contribution in [0.1, 0.15) is 60.9 Å². The van der Waals surface area contributed by atoms with Gasteiger partial charge in [-0.1, -0.05) is 62.4 Å². The van der Waals surface area contributed by atoms with Crippen LogP contribution in [0.2, 0.25) is 0 Å². The number of rotatable bonds is 13. The highest BCUT2D eigenvalue weighted by molar-refractivity contribution is 5.93. The summed E-state index contributed by atoms with van der Waals surface area (Å²) in [5.41, 5.74) is -1.71. The van der Waals surface area contributed by atoms with Gasteiger partial charge in [0.2, 0.25) is 11.8 Å². The SMILES string of the molecule is CC(C)C[C@H](NC(=O)[C@@H]1CCCN1C(=O)OCc1ccccc1)C(=O)N[C@@H](Cc1c[nH]c2ccccc12)C(=O)OCc1cc(C(F)(F)F)cc(C(F)(F)F)c1. The van der Waals surface area contributed by atoms with Gasteiger partial charge in [0, 0.05) is 30.1 Å². The highest BCUT2D eigenvalue weighted by atomic mass is 19.4. The van der Waals surface area contributed by atoms with Crippen LogP contribution in [-0.2, 0) is 55.8 Å². The number of halogens is 6. The first kappa shape index (κ1) is 40.6. The lowest BCUT2D eigenvalue weighted by molar-refractivity contribution is -0.149. The fourth-order valence-corrected chi connectivity index (χ4v) is 6.37. The van der Waals surface area contributed by atoms with Crippen molar-refractivity contribution in [1.29, 1.82) is 0 Å². The van der Waals surface area contributed by atoms with E-state index in [4.69, 9.17) is 9.47 Å². The number of aromatic amines is 1. The Kier molecular flexibility index (Phi) is 12.8. The van der Waals surface area contributed by atoms with Crippen molar-refractivity contribution < 1.29 is 55.0 Å². The molecule has 0 bridgehead atoms. The van der Waals surface area contributed by atoms with Gasteiger partial charge in [-0.2, -0.15) is 26.3 Å². The number of esters is 1. The lowest BCUT2D eigenvalue weighted by Crippen LogP contribution is -2.56. The second-order valence-electron chi connectivity index (χ2n) is 13.7. The Labute approximate surface area is 312 Å². The van der Waals surface area contributed by atoms with Crippen LogP contribution in [0.3, 0.4) is 0 Å². The summed E-state index contributed by atoms with van der Waals surface area (Å²) in [7, 11) is 0. The first-order chi connectivity index (χ1) is 26.0. The average molecular weight is 775 g/mol. The summed E-state index contributed by atoms with van der Waals surface area (Å²) in [5.74, 6) is -2.69. The summed E-state index contributed by atoms with van der Waals surface area (Å²) in [5, 5.41) is 5.99. The number of hydrogen-bond acceptors (Lipinski definition) is 6. The van der Waals surface area contributed by atoms with Gasteiger partial charge in [-0.25, -0.2) is 9.59 Å². The molecule has 2 heterocycles. The number of alkyl halides is 6. The van der Waals surface area contributed by atoms with E-state index in [-0.39, 0.29) is 38.0 Å². The number of nitrogens with zero attached hydrogens (tertiary/aromatic N) is 1. The van der Waals surface area contributed by atoms with Crippen molar-refractivity contribution in [3.05, 3.63) is 107 Å². The number of fused-ring (bicyclic) bond motifs is 1. The third kappa shape index (κ3) is 10.8. The van der Waals surface area contributed by atoms with Crippen molar-refractivity contribution in [2.45, 2.75) is 83.2 Å². The van der Waals surface area contributed by atoms with Crippen molar-refractivity contribution in [3.63, 3.8) is 0 Å². The topological polar surface area (TPSA) is 130 Å². The molecule has 294 valence electrons. The molecule has 3 atom stereocenters. The van der Waals surface area contributed by atoms with Gasteiger partial charge in [-0.15, -0.1) is 0 Å². The first-order valence-corrected chi connectivity index (χ1v) is 17.6. The van der Waals surface area contributed by atoms with E-state index < -0.39 is 77.7 Å². The zero-order valence-electron chi connectivity index (χ0n) is 29.9. The highest BCUT2D eigenvalue weighted by Gasteiger charge is 2.39. The van der Waals surface area contributed by atoms with Gasteiger partial charge in [0.15, 0.2) is 0 Å². The number of aromatic nitrogens is 1. The van der Waals surface area contributed by atoms with Crippen molar-refractivity contribution >= 4 is 34.8 Å². The maximum absolute atomic E-state index is 13.9. The number of nitrogens with one attached hydrogen (secondary N) is 3. The molecule has 3 amide bonds. The maximum atomic E-state index is 13.9. The summed E-state index contributed by atoms with van der Waals surface area (Å²) < 4.78 is 91.6. The maximum Gasteiger partial charge on any atom is 0.416 e.